The average Bonchev–Trinajstić information content (AvgIpc) is 2.45. The second-order valence-corrected chi connectivity index (χ2v) is 4.54. The first-order valence-corrected chi connectivity index (χ1v) is 6.63. The topological polar surface area (TPSA) is 66.9 Å². The third kappa shape index (κ3) is 3.78. The van der Waals surface area contributed by atoms with Crippen molar-refractivity contribution >= 4 is 17.4 Å². The molecule has 0 unspecified atom stereocenters. The molecule has 0 bridgehead atoms. The summed E-state index contributed by atoms with van der Waals surface area (Å²) in [4.78, 5) is 20.2. The quantitative estimate of drug-likeness (QED) is 0.876. The minimum absolute atomic E-state index is 0.238. The molecular formula is C15H18N4O. The fourth-order valence-electron chi connectivity index (χ4n) is 1.75. The van der Waals surface area contributed by atoms with Crippen LogP contribution in [0.3, 0.4) is 0 Å². The maximum Gasteiger partial charge on any atom is 0.274 e. The van der Waals surface area contributed by atoms with Gasteiger partial charge in [-0.15, -0.1) is 0 Å². The van der Waals surface area contributed by atoms with Crippen LogP contribution in [0.15, 0.2) is 36.7 Å². The second kappa shape index (κ2) is 6.65. The number of carbonyl (C=O) groups excluding carboxylic acids is 1. The predicted octanol–water partition coefficient (Wildman–Crippen LogP) is 2.86. The number of hydrogen-bond donors (Lipinski definition) is 2. The molecule has 0 spiro atoms. The minimum atomic E-state index is -0.238. The van der Waals surface area contributed by atoms with Crippen molar-refractivity contribution in [3.05, 3.63) is 47.9 Å². The Kier molecular flexibility index (Phi) is 4.65. The van der Waals surface area contributed by atoms with Crippen LogP contribution in [0.25, 0.3) is 0 Å². The van der Waals surface area contributed by atoms with Crippen LogP contribution in [0.4, 0.5) is 11.5 Å². The summed E-state index contributed by atoms with van der Waals surface area (Å²) < 4.78 is 0. The highest BCUT2D eigenvalue weighted by atomic mass is 16.1. The molecular weight excluding hydrogens is 252 g/mol. The van der Waals surface area contributed by atoms with Crippen molar-refractivity contribution in [2.24, 2.45) is 0 Å². The lowest BCUT2D eigenvalue weighted by atomic mass is 10.2. The molecule has 1 aromatic carbocycles. The molecule has 1 amide bonds. The maximum absolute atomic E-state index is 12.1. The zero-order chi connectivity index (χ0) is 14.4. The molecule has 5 heteroatoms. The first kappa shape index (κ1) is 14.0. The Bertz CT molecular complexity index is 598. The molecule has 1 aromatic heterocycles. The van der Waals surface area contributed by atoms with Crippen molar-refractivity contribution in [3.63, 3.8) is 0 Å². The van der Waals surface area contributed by atoms with Crippen LogP contribution in [-0.4, -0.2) is 22.4 Å². The van der Waals surface area contributed by atoms with Crippen LogP contribution in [0.5, 0.6) is 0 Å². The molecule has 2 N–H and O–H groups in total. The van der Waals surface area contributed by atoms with E-state index in [-0.39, 0.29) is 5.91 Å². The Hall–Kier alpha value is -2.43. The summed E-state index contributed by atoms with van der Waals surface area (Å²) in [5.41, 5.74) is 2.20. The lowest BCUT2D eigenvalue weighted by Gasteiger charge is -2.07. The van der Waals surface area contributed by atoms with Crippen LogP contribution in [0.2, 0.25) is 0 Å². The molecule has 20 heavy (non-hydrogen) atoms. The third-order valence-corrected chi connectivity index (χ3v) is 2.73. The lowest BCUT2D eigenvalue weighted by molar-refractivity contribution is 0.102. The van der Waals surface area contributed by atoms with E-state index < -0.39 is 0 Å². The highest BCUT2D eigenvalue weighted by Gasteiger charge is 2.09. The van der Waals surface area contributed by atoms with Crippen LogP contribution in [0.1, 0.15) is 29.4 Å². The van der Waals surface area contributed by atoms with Gasteiger partial charge < -0.3 is 10.6 Å². The zero-order valence-corrected chi connectivity index (χ0v) is 11.7. The number of amides is 1. The molecule has 2 aromatic rings. The van der Waals surface area contributed by atoms with Gasteiger partial charge in [-0.05, 0) is 31.0 Å². The van der Waals surface area contributed by atoms with Crippen molar-refractivity contribution in [2.75, 3.05) is 17.2 Å². The molecule has 0 saturated carbocycles. The normalized spacial score (nSPS) is 10.1. The van der Waals surface area contributed by atoms with Crippen LogP contribution in [0, 0.1) is 6.92 Å². The molecule has 0 fully saturated rings. The van der Waals surface area contributed by atoms with E-state index >= 15 is 0 Å². The van der Waals surface area contributed by atoms with Gasteiger partial charge in [0.05, 0.1) is 0 Å². The van der Waals surface area contributed by atoms with Gasteiger partial charge in [-0.2, -0.15) is 0 Å². The minimum Gasteiger partial charge on any atom is -0.370 e. The Morgan fingerprint density at radius 3 is 2.85 bits per heavy atom. The highest BCUT2D eigenvalue weighted by molar-refractivity contribution is 6.03. The van der Waals surface area contributed by atoms with Gasteiger partial charge in [0.2, 0.25) is 0 Å². The zero-order valence-electron chi connectivity index (χ0n) is 11.7. The smallest absolute Gasteiger partial charge is 0.274 e. The van der Waals surface area contributed by atoms with Gasteiger partial charge in [0.25, 0.3) is 5.91 Å². The lowest BCUT2D eigenvalue weighted by Crippen LogP contribution is -2.14. The van der Waals surface area contributed by atoms with Crippen LogP contribution < -0.4 is 10.6 Å². The van der Waals surface area contributed by atoms with Gasteiger partial charge in [-0.1, -0.05) is 19.1 Å². The molecule has 0 aliphatic rings. The Morgan fingerprint density at radius 2 is 2.10 bits per heavy atom. The molecule has 0 aliphatic heterocycles. The first-order valence-electron chi connectivity index (χ1n) is 6.63. The summed E-state index contributed by atoms with van der Waals surface area (Å²) in [6.45, 7) is 4.86. The number of aryl methyl sites for hydroxylation is 1. The molecule has 1 heterocycles. The highest BCUT2D eigenvalue weighted by Crippen LogP contribution is 2.11. The van der Waals surface area contributed by atoms with E-state index in [4.69, 9.17) is 0 Å². The molecule has 0 saturated heterocycles. The summed E-state index contributed by atoms with van der Waals surface area (Å²) in [6.07, 6.45) is 2.39. The monoisotopic (exact) mass is 270 g/mol. The van der Waals surface area contributed by atoms with E-state index in [1.807, 2.05) is 31.2 Å². The Balaban J connectivity index is 2.09. The average molecular weight is 270 g/mol. The SMILES string of the molecule is CCCNc1cc(C(=O)Nc2cccc(C)c2)ncn1. The van der Waals surface area contributed by atoms with Crippen molar-refractivity contribution in [3.8, 4) is 0 Å². The third-order valence-electron chi connectivity index (χ3n) is 2.73. The van der Waals surface area contributed by atoms with Crippen LogP contribution in [-0.2, 0) is 0 Å². The maximum atomic E-state index is 12.1. The van der Waals surface area contributed by atoms with Gasteiger partial charge in [-0.25, -0.2) is 9.97 Å². The van der Waals surface area contributed by atoms with E-state index in [9.17, 15) is 4.79 Å². The molecule has 0 aliphatic carbocycles. The van der Waals surface area contributed by atoms with Crippen molar-refractivity contribution in [1.82, 2.24) is 9.97 Å². The Morgan fingerprint density at radius 1 is 1.25 bits per heavy atom. The first-order chi connectivity index (χ1) is 9.69. The van der Waals surface area contributed by atoms with Crippen molar-refractivity contribution in [2.45, 2.75) is 20.3 Å². The fourth-order valence-corrected chi connectivity index (χ4v) is 1.75. The van der Waals surface area contributed by atoms with Gasteiger partial charge in [0, 0.05) is 18.3 Å². The largest absolute Gasteiger partial charge is 0.370 e. The number of nitrogens with zero attached hydrogens (tertiary/aromatic N) is 2. The van der Waals surface area contributed by atoms with E-state index in [2.05, 4.69) is 27.5 Å². The summed E-state index contributed by atoms with van der Waals surface area (Å²) in [6, 6.07) is 9.30. The predicted molar refractivity (Wildman–Crippen MR) is 79.9 cm³/mol. The molecule has 2 rings (SSSR count). The molecule has 104 valence electrons. The second-order valence-electron chi connectivity index (χ2n) is 4.54. The van der Waals surface area contributed by atoms with Gasteiger partial charge in [0.15, 0.2) is 0 Å². The number of hydrogen-bond acceptors (Lipinski definition) is 4. The van der Waals surface area contributed by atoms with Gasteiger partial charge >= 0.3 is 0 Å². The Labute approximate surface area is 118 Å². The van der Waals surface area contributed by atoms with E-state index in [1.165, 1.54) is 6.33 Å². The number of anilines is 2. The number of nitrogens with one attached hydrogen (secondary N) is 2. The fraction of sp³-hybridized carbons (Fsp3) is 0.267. The summed E-state index contributed by atoms with van der Waals surface area (Å²) in [7, 11) is 0. The van der Waals surface area contributed by atoms with Crippen LogP contribution >= 0.6 is 0 Å². The van der Waals surface area contributed by atoms with Crippen molar-refractivity contribution in [1.29, 1.82) is 0 Å². The summed E-state index contributed by atoms with van der Waals surface area (Å²) in [5.74, 6) is 0.425. The van der Waals surface area contributed by atoms with Gasteiger partial charge in [0.1, 0.15) is 17.8 Å². The van der Waals surface area contributed by atoms with Gasteiger partial charge in [-0.3, -0.25) is 4.79 Å². The number of carbonyl (C=O) groups is 1. The standard InChI is InChI=1S/C15H18N4O/c1-3-7-16-14-9-13(17-10-18-14)15(20)19-12-6-4-5-11(2)8-12/h4-6,8-10H,3,7H2,1-2H3,(H,19,20)(H,16,17,18). The summed E-state index contributed by atoms with van der Waals surface area (Å²) in [5, 5.41) is 5.96. The number of rotatable bonds is 5. The van der Waals surface area contributed by atoms with E-state index in [0.717, 1.165) is 24.2 Å². The van der Waals surface area contributed by atoms with Crippen molar-refractivity contribution < 1.29 is 4.79 Å². The molecule has 0 radical (unpaired) electrons. The van der Waals surface area contributed by atoms with E-state index in [1.54, 1.807) is 6.07 Å². The number of aromatic nitrogens is 2. The molecule has 0 atom stereocenters. The number of benzene rings is 1. The van der Waals surface area contributed by atoms with E-state index in [0.29, 0.717) is 11.5 Å². The molecule has 5 nitrogen and oxygen atoms in total. The summed E-state index contributed by atoms with van der Waals surface area (Å²) >= 11 is 0.